The van der Waals surface area contributed by atoms with Crippen LogP contribution in [-0.4, -0.2) is 53.5 Å². The van der Waals surface area contributed by atoms with Crippen LogP contribution in [0.3, 0.4) is 0 Å². The molecule has 0 aliphatic carbocycles. The van der Waals surface area contributed by atoms with E-state index in [-0.39, 0.29) is 24.1 Å². The molecular formula is C21H23ClN6O3. The van der Waals surface area contributed by atoms with Crippen molar-refractivity contribution < 1.29 is 9.90 Å². The molecule has 0 spiro atoms. The smallest absolute Gasteiger partial charge is 0.263 e. The van der Waals surface area contributed by atoms with Gasteiger partial charge in [-0.05, 0) is 37.5 Å². The fourth-order valence-corrected chi connectivity index (χ4v) is 3.96. The minimum atomic E-state index is -0.739. The largest absolute Gasteiger partial charge is 0.386 e. The van der Waals surface area contributed by atoms with Crippen molar-refractivity contribution in [1.82, 2.24) is 29.9 Å². The number of aliphatic hydroxyl groups is 1. The second kappa shape index (κ2) is 8.99. The van der Waals surface area contributed by atoms with Crippen molar-refractivity contribution in [2.75, 3.05) is 6.54 Å². The zero-order chi connectivity index (χ0) is 22.0. The Kier molecular flexibility index (Phi) is 6.15. The van der Waals surface area contributed by atoms with Gasteiger partial charge in [0.25, 0.3) is 11.5 Å². The zero-order valence-corrected chi connectivity index (χ0v) is 17.8. The van der Waals surface area contributed by atoms with Crippen LogP contribution in [0.2, 0.25) is 5.02 Å². The Labute approximate surface area is 183 Å². The monoisotopic (exact) mass is 442 g/mol. The number of carbonyl (C=O) groups excluding carboxylic acids is 1. The van der Waals surface area contributed by atoms with Crippen LogP contribution >= 0.6 is 11.6 Å². The van der Waals surface area contributed by atoms with Crippen LogP contribution in [0.1, 0.15) is 46.4 Å². The maximum atomic E-state index is 12.9. The first-order valence-electron chi connectivity index (χ1n) is 10.1. The second-order valence-electron chi connectivity index (χ2n) is 7.71. The van der Waals surface area contributed by atoms with E-state index < -0.39 is 11.7 Å². The third-order valence-corrected chi connectivity index (χ3v) is 5.69. The first kappa shape index (κ1) is 21.2. The summed E-state index contributed by atoms with van der Waals surface area (Å²) in [4.78, 5) is 33.4. The predicted molar refractivity (Wildman–Crippen MR) is 114 cm³/mol. The molecule has 1 amide bonds. The molecule has 4 rings (SSSR count). The van der Waals surface area contributed by atoms with Gasteiger partial charge in [0.2, 0.25) is 0 Å². The molecule has 10 heteroatoms. The maximum Gasteiger partial charge on any atom is 0.263 e. The average Bonchev–Trinajstić information content (AvgIpc) is 3.38. The van der Waals surface area contributed by atoms with Gasteiger partial charge in [-0.15, -0.1) is 5.10 Å². The number of amides is 1. The summed E-state index contributed by atoms with van der Waals surface area (Å²) in [6.45, 7) is 2.51. The number of H-pyrrole nitrogens is 1. The number of hydrogen-bond acceptors (Lipinski definition) is 6. The van der Waals surface area contributed by atoms with Gasteiger partial charge >= 0.3 is 0 Å². The van der Waals surface area contributed by atoms with E-state index in [0.29, 0.717) is 23.8 Å². The summed E-state index contributed by atoms with van der Waals surface area (Å²) >= 11 is 5.89. The molecule has 1 aromatic carbocycles. The first-order chi connectivity index (χ1) is 14.9. The van der Waals surface area contributed by atoms with Gasteiger partial charge in [-0.25, -0.2) is 9.67 Å². The second-order valence-corrected chi connectivity index (χ2v) is 8.15. The summed E-state index contributed by atoms with van der Waals surface area (Å²) in [5.74, 6) is 0.152. The number of likely N-dealkylation sites (tertiary alicyclic amines) is 1. The topological polar surface area (TPSA) is 117 Å². The summed E-state index contributed by atoms with van der Waals surface area (Å²) in [6.07, 6.45) is 4.58. The molecule has 1 fully saturated rings. The minimum absolute atomic E-state index is 0.0484. The number of aromatic amines is 1. The molecule has 31 heavy (non-hydrogen) atoms. The van der Waals surface area contributed by atoms with E-state index in [9.17, 15) is 14.7 Å². The van der Waals surface area contributed by atoms with E-state index in [4.69, 9.17) is 11.6 Å². The first-order valence-corrected chi connectivity index (χ1v) is 10.5. The predicted octanol–water partition coefficient (Wildman–Crippen LogP) is 1.90. The van der Waals surface area contributed by atoms with Crippen molar-refractivity contribution in [2.45, 2.75) is 44.9 Å². The van der Waals surface area contributed by atoms with Crippen LogP contribution in [0, 0.1) is 6.92 Å². The van der Waals surface area contributed by atoms with Crippen LogP contribution in [-0.2, 0) is 13.0 Å². The van der Waals surface area contributed by atoms with Gasteiger partial charge in [0, 0.05) is 36.4 Å². The molecule has 9 nitrogen and oxygen atoms in total. The Balaban J connectivity index is 1.42. The van der Waals surface area contributed by atoms with E-state index in [1.54, 1.807) is 47.0 Å². The normalized spacial score (nSPS) is 17.1. The molecule has 1 aliphatic heterocycles. The third kappa shape index (κ3) is 4.83. The molecular weight excluding hydrogens is 420 g/mol. The molecule has 1 aliphatic rings. The Morgan fingerprint density at radius 3 is 2.87 bits per heavy atom. The Morgan fingerprint density at radius 2 is 2.13 bits per heavy atom. The number of aryl methyl sites for hydroxylation is 1. The van der Waals surface area contributed by atoms with Crippen molar-refractivity contribution in [2.24, 2.45) is 0 Å². The fourth-order valence-electron chi connectivity index (χ4n) is 3.84. The lowest BCUT2D eigenvalue weighted by Crippen LogP contribution is -2.39. The van der Waals surface area contributed by atoms with Crippen LogP contribution < -0.4 is 5.56 Å². The molecule has 3 aromatic rings. The lowest BCUT2D eigenvalue weighted by Gasteiger charge is -2.23. The molecule has 1 unspecified atom stereocenters. The number of hydrogen-bond donors (Lipinski definition) is 2. The molecule has 2 N–H and O–H groups in total. The van der Waals surface area contributed by atoms with Crippen LogP contribution in [0.25, 0.3) is 0 Å². The number of nitrogens with zero attached hydrogens (tertiary/aromatic N) is 5. The van der Waals surface area contributed by atoms with E-state index in [2.05, 4.69) is 20.3 Å². The number of nitrogens with one attached hydrogen (secondary N) is 1. The average molecular weight is 443 g/mol. The summed E-state index contributed by atoms with van der Waals surface area (Å²) in [6, 6.07) is 6.93. The SMILES string of the molecule is Cc1ncc(C(=O)N2CCCC2Cc2cn(C[C@H](O)c3ccc(Cl)cc3)nn2)c(=O)[nH]1. The van der Waals surface area contributed by atoms with E-state index in [1.165, 1.54) is 6.20 Å². The van der Waals surface area contributed by atoms with Gasteiger partial charge in [0.15, 0.2) is 0 Å². The Morgan fingerprint density at radius 1 is 1.35 bits per heavy atom. The van der Waals surface area contributed by atoms with Crippen LogP contribution in [0.4, 0.5) is 0 Å². The minimum Gasteiger partial charge on any atom is -0.386 e. The van der Waals surface area contributed by atoms with Crippen LogP contribution in [0.15, 0.2) is 41.5 Å². The Bertz CT molecular complexity index is 1130. The highest BCUT2D eigenvalue weighted by atomic mass is 35.5. The highest BCUT2D eigenvalue weighted by Gasteiger charge is 2.31. The van der Waals surface area contributed by atoms with Crippen LogP contribution in [0.5, 0.6) is 0 Å². The van der Waals surface area contributed by atoms with E-state index >= 15 is 0 Å². The summed E-state index contributed by atoms with van der Waals surface area (Å²) in [7, 11) is 0. The molecule has 2 atom stereocenters. The highest BCUT2D eigenvalue weighted by Crippen LogP contribution is 2.23. The molecule has 162 valence electrons. The third-order valence-electron chi connectivity index (χ3n) is 5.44. The van der Waals surface area contributed by atoms with Crippen molar-refractivity contribution >= 4 is 17.5 Å². The maximum absolute atomic E-state index is 12.9. The van der Waals surface area contributed by atoms with Crippen molar-refractivity contribution in [3.63, 3.8) is 0 Å². The van der Waals surface area contributed by atoms with Gasteiger partial charge in [-0.2, -0.15) is 0 Å². The molecule has 0 saturated carbocycles. The number of carbonyl (C=O) groups is 1. The van der Waals surface area contributed by atoms with Gasteiger partial charge in [-0.3, -0.25) is 9.59 Å². The molecule has 2 aromatic heterocycles. The fraction of sp³-hybridized carbons (Fsp3) is 0.381. The molecule has 1 saturated heterocycles. The highest BCUT2D eigenvalue weighted by molar-refractivity contribution is 6.30. The number of rotatable bonds is 6. The summed E-state index contributed by atoms with van der Waals surface area (Å²) < 4.78 is 1.59. The van der Waals surface area contributed by atoms with Gasteiger partial charge in [0.1, 0.15) is 11.4 Å². The molecule has 3 heterocycles. The standard InChI is InChI=1S/C21H23ClN6O3/c1-13-23-10-18(20(30)24-13)21(31)28-8-2-3-17(28)9-16-11-27(26-25-16)12-19(29)14-4-6-15(22)7-5-14/h4-7,10-11,17,19,29H,2-3,8-9,12H2,1H3,(H,23,24,30)/t17?,19-/m0/s1. The molecule has 0 radical (unpaired) electrons. The zero-order valence-electron chi connectivity index (χ0n) is 17.0. The summed E-state index contributed by atoms with van der Waals surface area (Å²) in [5, 5.41) is 19.3. The Hall–Kier alpha value is -3.04. The van der Waals surface area contributed by atoms with Gasteiger partial charge in [0.05, 0.1) is 18.3 Å². The van der Waals surface area contributed by atoms with Crippen molar-refractivity contribution in [3.05, 3.63) is 74.7 Å². The lowest BCUT2D eigenvalue weighted by molar-refractivity contribution is 0.0733. The number of benzene rings is 1. The quantitative estimate of drug-likeness (QED) is 0.602. The number of halogens is 1. The number of aliphatic hydroxyl groups excluding tert-OH is 1. The lowest BCUT2D eigenvalue weighted by atomic mass is 10.1. The summed E-state index contributed by atoms with van der Waals surface area (Å²) in [5.41, 5.74) is 1.09. The van der Waals surface area contributed by atoms with Gasteiger partial charge in [-0.1, -0.05) is 28.9 Å². The van der Waals surface area contributed by atoms with Crippen molar-refractivity contribution in [3.8, 4) is 0 Å². The molecule has 0 bridgehead atoms. The van der Waals surface area contributed by atoms with Crippen molar-refractivity contribution in [1.29, 1.82) is 0 Å². The van der Waals surface area contributed by atoms with E-state index in [0.717, 1.165) is 24.1 Å². The van der Waals surface area contributed by atoms with Gasteiger partial charge < -0.3 is 15.0 Å². The van der Waals surface area contributed by atoms with E-state index in [1.807, 2.05) is 0 Å². The number of aromatic nitrogens is 5.